The van der Waals surface area contributed by atoms with Crippen LogP contribution < -0.4 is 10.3 Å². The maximum Gasteiger partial charge on any atom is 0.267 e. The lowest BCUT2D eigenvalue weighted by molar-refractivity contribution is -0.131. The summed E-state index contributed by atoms with van der Waals surface area (Å²) in [6, 6.07) is 6.00. The molecule has 6 nitrogen and oxygen atoms in total. The minimum atomic E-state index is -0.123. The van der Waals surface area contributed by atoms with E-state index in [1.165, 1.54) is 29.5 Å². The topological polar surface area (TPSA) is 64.4 Å². The van der Waals surface area contributed by atoms with Gasteiger partial charge in [-0.1, -0.05) is 17.8 Å². The van der Waals surface area contributed by atoms with Gasteiger partial charge in [-0.2, -0.15) is 0 Å². The molecule has 0 bridgehead atoms. The summed E-state index contributed by atoms with van der Waals surface area (Å²) < 4.78 is 7.19. The normalized spacial score (nSPS) is 16.5. The Morgan fingerprint density at radius 2 is 2.06 bits per heavy atom. The summed E-state index contributed by atoms with van der Waals surface area (Å²) in [6.45, 7) is 8.86. The Labute approximate surface area is 196 Å². The Balaban J connectivity index is 1.81. The number of aryl methyl sites for hydroxylation is 3. The Morgan fingerprint density at radius 1 is 1.28 bits per heavy atom. The molecule has 3 aromatic rings. The molecule has 2 aromatic heterocycles. The summed E-state index contributed by atoms with van der Waals surface area (Å²) >= 11 is 2.85. The molecule has 1 atom stereocenters. The lowest BCUT2D eigenvalue weighted by atomic mass is 10.0. The van der Waals surface area contributed by atoms with Crippen LogP contribution in [-0.2, 0) is 4.79 Å². The number of thioether (sulfide) groups is 1. The number of carbonyl (C=O) groups excluding carboxylic acids is 1. The molecule has 1 aliphatic rings. The molecule has 0 saturated carbocycles. The number of methoxy groups -OCH3 is 1. The van der Waals surface area contributed by atoms with Crippen molar-refractivity contribution in [2.75, 3.05) is 19.4 Å². The van der Waals surface area contributed by atoms with E-state index in [-0.39, 0.29) is 23.3 Å². The van der Waals surface area contributed by atoms with Crippen molar-refractivity contribution >= 4 is 39.2 Å². The molecule has 4 rings (SSSR count). The van der Waals surface area contributed by atoms with Crippen molar-refractivity contribution in [1.29, 1.82) is 0 Å². The van der Waals surface area contributed by atoms with Gasteiger partial charge in [-0.25, -0.2) is 4.98 Å². The summed E-state index contributed by atoms with van der Waals surface area (Å²) in [4.78, 5) is 35.3. The molecule has 1 aliphatic heterocycles. The molecule has 0 radical (unpaired) electrons. The molecule has 1 saturated heterocycles. The first-order valence-electron chi connectivity index (χ1n) is 10.9. The van der Waals surface area contributed by atoms with Crippen LogP contribution in [0.5, 0.6) is 5.75 Å². The van der Waals surface area contributed by atoms with Crippen LogP contribution in [-0.4, -0.2) is 45.8 Å². The van der Waals surface area contributed by atoms with Crippen molar-refractivity contribution in [2.45, 2.75) is 58.2 Å². The number of aromatic nitrogens is 2. The Kier molecular flexibility index (Phi) is 6.62. The van der Waals surface area contributed by atoms with E-state index in [4.69, 9.17) is 9.72 Å². The van der Waals surface area contributed by atoms with Gasteiger partial charge in [0.2, 0.25) is 5.91 Å². The van der Waals surface area contributed by atoms with Gasteiger partial charge in [-0.15, -0.1) is 11.3 Å². The minimum absolute atomic E-state index is 0.0952. The van der Waals surface area contributed by atoms with Crippen LogP contribution in [0, 0.1) is 20.8 Å². The van der Waals surface area contributed by atoms with Gasteiger partial charge in [-0.05, 0) is 70.2 Å². The third-order valence-electron chi connectivity index (χ3n) is 6.20. The fourth-order valence-corrected chi connectivity index (χ4v) is 6.20. The number of carbonyl (C=O) groups is 1. The number of amides is 1. The smallest absolute Gasteiger partial charge is 0.267 e. The zero-order valence-corrected chi connectivity index (χ0v) is 20.9. The van der Waals surface area contributed by atoms with Crippen LogP contribution in [0.25, 0.3) is 15.9 Å². The standard InChI is InChI=1S/C24H29N3O3S2/c1-14-9-10-19(30-5)18(12-14)27-23(29)21-16(3)17(4)32-22(21)25-24(27)31-13-20(28)26-11-7-6-8-15(26)2/h9-10,12,15H,6-8,11,13H2,1-5H3. The van der Waals surface area contributed by atoms with Crippen LogP contribution in [0.1, 0.15) is 42.2 Å². The lowest BCUT2D eigenvalue weighted by Gasteiger charge is -2.33. The third kappa shape index (κ3) is 4.18. The maximum atomic E-state index is 13.7. The summed E-state index contributed by atoms with van der Waals surface area (Å²) in [7, 11) is 1.60. The van der Waals surface area contributed by atoms with Crippen LogP contribution in [0.15, 0.2) is 28.2 Å². The molecule has 3 heterocycles. The summed E-state index contributed by atoms with van der Waals surface area (Å²) in [5.74, 6) is 0.943. The molecule has 1 fully saturated rings. The fourth-order valence-electron chi connectivity index (χ4n) is 4.24. The monoisotopic (exact) mass is 471 g/mol. The van der Waals surface area contributed by atoms with E-state index < -0.39 is 0 Å². The second-order valence-electron chi connectivity index (χ2n) is 8.39. The number of ether oxygens (including phenoxy) is 1. The number of nitrogens with zero attached hydrogens (tertiary/aromatic N) is 3. The van der Waals surface area contributed by atoms with Gasteiger partial charge in [0, 0.05) is 17.5 Å². The van der Waals surface area contributed by atoms with Crippen molar-refractivity contribution in [3.8, 4) is 11.4 Å². The molecule has 0 N–H and O–H groups in total. The van der Waals surface area contributed by atoms with Gasteiger partial charge < -0.3 is 9.64 Å². The molecular formula is C24H29N3O3S2. The van der Waals surface area contributed by atoms with E-state index in [9.17, 15) is 9.59 Å². The number of benzene rings is 1. The molecular weight excluding hydrogens is 442 g/mol. The number of rotatable bonds is 5. The minimum Gasteiger partial charge on any atom is -0.495 e. The molecule has 8 heteroatoms. The third-order valence-corrected chi connectivity index (χ3v) is 8.22. The second-order valence-corrected chi connectivity index (χ2v) is 10.5. The van der Waals surface area contributed by atoms with Crippen molar-refractivity contribution in [3.05, 3.63) is 44.6 Å². The van der Waals surface area contributed by atoms with Crippen molar-refractivity contribution in [1.82, 2.24) is 14.5 Å². The van der Waals surface area contributed by atoms with E-state index in [0.29, 0.717) is 26.8 Å². The van der Waals surface area contributed by atoms with Crippen molar-refractivity contribution < 1.29 is 9.53 Å². The second kappa shape index (κ2) is 9.27. The van der Waals surface area contributed by atoms with Crippen molar-refractivity contribution in [3.63, 3.8) is 0 Å². The van der Waals surface area contributed by atoms with E-state index >= 15 is 0 Å². The molecule has 32 heavy (non-hydrogen) atoms. The first-order chi connectivity index (χ1) is 15.3. The number of hydrogen-bond donors (Lipinski definition) is 0. The number of fused-ring (bicyclic) bond motifs is 1. The Morgan fingerprint density at radius 3 is 2.78 bits per heavy atom. The largest absolute Gasteiger partial charge is 0.495 e. The van der Waals surface area contributed by atoms with Crippen LogP contribution >= 0.6 is 23.1 Å². The SMILES string of the molecule is COc1ccc(C)cc1-n1c(SCC(=O)N2CCCCC2C)nc2sc(C)c(C)c2c1=O. The highest BCUT2D eigenvalue weighted by Gasteiger charge is 2.25. The summed E-state index contributed by atoms with van der Waals surface area (Å²) in [5.41, 5.74) is 2.50. The predicted molar refractivity (Wildman–Crippen MR) is 132 cm³/mol. The van der Waals surface area contributed by atoms with Gasteiger partial charge in [0.25, 0.3) is 5.56 Å². The first kappa shape index (κ1) is 22.9. The van der Waals surface area contributed by atoms with E-state index in [1.54, 1.807) is 11.7 Å². The quantitative estimate of drug-likeness (QED) is 0.392. The summed E-state index contributed by atoms with van der Waals surface area (Å²) in [5, 5.41) is 1.15. The van der Waals surface area contributed by atoms with Crippen LogP contribution in [0.3, 0.4) is 0 Å². The van der Waals surface area contributed by atoms with Crippen LogP contribution in [0.2, 0.25) is 0 Å². The first-order valence-corrected chi connectivity index (χ1v) is 12.7. The van der Waals surface area contributed by atoms with Gasteiger partial charge in [-0.3, -0.25) is 14.2 Å². The number of piperidine rings is 1. The highest BCUT2D eigenvalue weighted by atomic mass is 32.2. The summed E-state index contributed by atoms with van der Waals surface area (Å²) in [6.07, 6.45) is 3.25. The van der Waals surface area contributed by atoms with Crippen LogP contribution in [0.4, 0.5) is 0 Å². The number of hydrogen-bond acceptors (Lipinski definition) is 6. The highest BCUT2D eigenvalue weighted by molar-refractivity contribution is 7.99. The number of likely N-dealkylation sites (tertiary alicyclic amines) is 1. The highest BCUT2D eigenvalue weighted by Crippen LogP contribution is 2.32. The molecule has 0 aliphatic carbocycles. The van der Waals surface area contributed by atoms with E-state index in [1.807, 2.05) is 43.9 Å². The molecule has 170 valence electrons. The Hall–Kier alpha value is -2.32. The fraction of sp³-hybridized carbons (Fsp3) is 0.458. The van der Waals surface area contributed by atoms with Gasteiger partial charge in [0.15, 0.2) is 5.16 Å². The predicted octanol–water partition coefficient (Wildman–Crippen LogP) is 4.87. The lowest BCUT2D eigenvalue weighted by Crippen LogP contribution is -2.43. The molecule has 1 unspecified atom stereocenters. The molecule has 1 aromatic carbocycles. The zero-order valence-electron chi connectivity index (χ0n) is 19.2. The van der Waals surface area contributed by atoms with Crippen molar-refractivity contribution in [2.24, 2.45) is 0 Å². The average Bonchev–Trinajstić information content (AvgIpc) is 3.06. The van der Waals surface area contributed by atoms with Gasteiger partial charge in [0.05, 0.1) is 23.9 Å². The van der Waals surface area contributed by atoms with E-state index in [0.717, 1.165) is 35.4 Å². The molecule has 0 spiro atoms. The average molecular weight is 472 g/mol. The molecule has 1 amide bonds. The maximum absolute atomic E-state index is 13.7. The van der Waals surface area contributed by atoms with E-state index in [2.05, 4.69) is 6.92 Å². The van der Waals surface area contributed by atoms with Gasteiger partial charge in [0.1, 0.15) is 10.6 Å². The Bertz CT molecular complexity index is 1230. The van der Waals surface area contributed by atoms with Gasteiger partial charge >= 0.3 is 0 Å². The number of thiophene rings is 1. The zero-order chi connectivity index (χ0) is 23.0.